The van der Waals surface area contributed by atoms with Gasteiger partial charge in [0.1, 0.15) is 5.69 Å². The molecule has 1 N–H and O–H groups in total. The SMILES string of the molecule is Cc1cc(C)nc(NS(=O)(=O)c2c(C)noc2C)n1. The van der Waals surface area contributed by atoms with E-state index in [1.54, 1.807) is 26.8 Å². The zero-order chi connectivity index (χ0) is 14.2. The lowest BCUT2D eigenvalue weighted by atomic mass is 10.4. The molecule has 2 aromatic heterocycles. The van der Waals surface area contributed by atoms with Gasteiger partial charge in [-0.1, -0.05) is 5.16 Å². The van der Waals surface area contributed by atoms with Gasteiger partial charge in [0.25, 0.3) is 10.0 Å². The van der Waals surface area contributed by atoms with Crippen LogP contribution in [0, 0.1) is 27.7 Å². The summed E-state index contributed by atoms with van der Waals surface area (Å²) in [5.41, 5.74) is 1.67. The van der Waals surface area contributed by atoms with E-state index in [0.29, 0.717) is 17.1 Å². The van der Waals surface area contributed by atoms with Crippen molar-refractivity contribution in [1.29, 1.82) is 0 Å². The Bertz CT molecular complexity index is 682. The van der Waals surface area contributed by atoms with Crippen molar-refractivity contribution in [2.24, 2.45) is 0 Å². The Morgan fingerprint density at radius 2 is 1.68 bits per heavy atom. The van der Waals surface area contributed by atoms with E-state index in [-0.39, 0.29) is 16.6 Å². The van der Waals surface area contributed by atoms with Gasteiger partial charge in [-0.25, -0.2) is 23.1 Å². The van der Waals surface area contributed by atoms with E-state index in [0.717, 1.165) is 0 Å². The maximum atomic E-state index is 12.2. The number of aromatic nitrogens is 3. The summed E-state index contributed by atoms with van der Waals surface area (Å²) in [6.45, 7) is 6.63. The largest absolute Gasteiger partial charge is 0.360 e. The van der Waals surface area contributed by atoms with Gasteiger partial charge in [0.05, 0.1) is 0 Å². The maximum absolute atomic E-state index is 12.2. The van der Waals surface area contributed by atoms with Crippen molar-refractivity contribution in [1.82, 2.24) is 15.1 Å². The van der Waals surface area contributed by atoms with E-state index in [1.807, 2.05) is 0 Å². The average molecular weight is 282 g/mol. The van der Waals surface area contributed by atoms with Crippen LogP contribution in [0.5, 0.6) is 0 Å². The first-order valence-electron chi connectivity index (χ1n) is 5.57. The van der Waals surface area contributed by atoms with Crippen LogP contribution in [0.15, 0.2) is 15.5 Å². The summed E-state index contributed by atoms with van der Waals surface area (Å²) >= 11 is 0. The lowest BCUT2D eigenvalue weighted by molar-refractivity contribution is 0.390. The fourth-order valence-electron chi connectivity index (χ4n) is 1.80. The highest BCUT2D eigenvalue weighted by molar-refractivity contribution is 7.92. The molecule has 0 fully saturated rings. The van der Waals surface area contributed by atoms with Gasteiger partial charge in [-0.2, -0.15) is 0 Å². The summed E-state index contributed by atoms with van der Waals surface area (Å²) in [7, 11) is -3.80. The fraction of sp³-hybridized carbons (Fsp3) is 0.364. The predicted molar refractivity (Wildman–Crippen MR) is 68.3 cm³/mol. The lowest BCUT2D eigenvalue weighted by Gasteiger charge is -2.07. The summed E-state index contributed by atoms with van der Waals surface area (Å²) in [4.78, 5) is 8.10. The molecule has 0 saturated carbocycles. The third-order valence-electron chi connectivity index (χ3n) is 2.44. The van der Waals surface area contributed by atoms with Crippen molar-refractivity contribution in [2.75, 3.05) is 4.72 Å². The Morgan fingerprint density at radius 3 is 2.16 bits per heavy atom. The molecule has 102 valence electrons. The van der Waals surface area contributed by atoms with E-state index >= 15 is 0 Å². The van der Waals surface area contributed by atoms with Crippen LogP contribution in [0.3, 0.4) is 0 Å². The van der Waals surface area contributed by atoms with Crippen molar-refractivity contribution < 1.29 is 12.9 Å². The molecule has 0 amide bonds. The van der Waals surface area contributed by atoms with Crippen molar-refractivity contribution >= 4 is 16.0 Å². The molecule has 2 rings (SSSR count). The normalized spacial score (nSPS) is 11.6. The minimum absolute atomic E-state index is 0.0234. The van der Waals surface area contributed by atoms with Gasteiger partial charge in [-0.05, 0) is 33.8 Å². The van der Waals surface area contributed by atoms with Gasteiger partial charge in [-0.3, -0.25) is 0 Å². The molecule has 0 aliphatic carbocycles. The number of hydrogen-bond acceptors (Lipinski definition) is 6. The summed E-state index contributed by atoms with van der Waals surface area (Å²) in [5.74, 6) is 0.270. The van der Waals surface area contributed by atoms with Crippen LogP contribution in [-0.4, -0.2) is 23.5 Å². The van der Waals surface area contributed by atoms with Gasteiger partial charge >= 0.3 is 0 Å². The summed E-state index contributed by atoms with van der Waals surface area (Å²) < 4.78 is 31.7. The molecule has 2 heterocycles. The van der Waals surface area contributed by atoms with Gasteiger partial charge in [0.2, 0.25) is 5.95 Å². The first kappa shape index (κ1) is 13.5. The molecule has 8 heteroatoms. The first-order valence-corrected chi connectivity index (χ1v) is 7.06. The number of rotatable bonds is 3. The second-order valence-corrected chi connectivity index (χ2v) is 5.85. The van der Waals surface area contributed by atoms with Crippen LogP contribution in [0.2, 0.25) is 0 Å². The average Bonchev–Trinajstić information content (AvgIpc) is 2.56. The number of hydrogen-bond donors (Lipinski definition) is 1. The molecule has 0 saturated heterocycles. The third kappa shape index (κ3) is 2.73. The lowest BCUT2D eigenvalue weighted by Crippen LogP contribution is -2.17. The highest BCUT2D eigenvalue weighted by Gasteiger charge is 2.25. The Hall–Kier alpha value is -1.96. The molecule has 7 nitrogen and oxygen atoms in total. The zero-order valence-electron chi connectivity index (χ0n) is 11.1. The fourth-order valence-corrected chi connectivity index (χ4v) is 3.08. The Morgan fingerprint density at radius 1 is 1.11 bits per heavy atom. The van der Waals surface area contributed by atoms with E-state index in [9.17, 15) is 8.42 Å². The molecule has 0 aromatic carbocycles. The van der Waals surface area contributed by atoms with Crippen molar-refractivity contribution in [3.8, 4) is 0 Å². The molecule has 0 spiro atoms. The van der Waals surface area contributed by atoms with E-state index < -0.39 is 10.0 Å². The molecule has 0 aliphatic heterocycles. The van der Waals surface area contributed by atoms with Crippen molar-refractivity contribution in [2.45, 2.75) is 32.6 Å². The summed E-state index contributed by atoms with van der Waals surface area (Å²) in [5, 5.41) is 3.62. The number of anilines is 1. The van der Waals surface area contributed by atoms with Gasteiger partial charge in [-0.15, -0.1) is 0 Å². The van der Waals surface area contributed by atoms with Crippen molar-refractivity contribution in [3.63, 3.8) is 0 Å². The minimum Gasteiger partial charge on any atom is -0.360 e. The number of aryl methyl sites for hydroxylation is 4. The second-order valence-electron chi connectivity index (χ2n) is 4.23. The standard InChI is InChI=1S/C11H14N4O3S/c1-6-5-7(2)13-11(12-6)15-19(16,17)10-8(3)14-18-9(10)4/h5H,1-4H3,(H,12,13,15). The number of sulfonamides is 1. The van der Waals surface area contributed by atoms with Crippen LogP contribution in [0.4, 0.5) is 5.95 Å². The molecular weight excluding hydrogens is 268 g/mol. The Kier molecular flexibility index (Phi) is 3.27. The van der Waals surface area contributed by atoms with Gasteiger partial charge in [0, 0.05) is 11.4 Å². The monoisotopic (exact) mass is 282 g/mol. The van der Waals surface area contributed by atoms with Crippen LogP contribution in [0.25, 0.3) is 0 Å². The Labute approximate surface area is 111 Å². The summed E-state index contributed by atoms with van der Waals surface area (Å²) in [6, 6.07) is 1.76. The van der Waals surface area contributed by atoms with E-state index in [1.165, 1.54) is 6.92 Å². The first-order chi connectivity index (χ1) is 8.79. The van der Waals surface area contributed by atoms with Crippen LogP contribution >= 0.6 is 0 Å². The molecule has 19 heavy (non-hydrogen) atoms. The predicted octanol–water partition coefficient (Wildman–Crippen LogP) is 1.50. The number of nitrogens with one attached hydrogen (secondary N) is 1. The van der Waals surface area contributed by atoms with E-state index in [4.69, 9.17) is 4.52 Å². The van der Waals surface area contributed by atoms with E-state index in [2.05, 4.69) is 19.8 Å². The highest BCUT2D eigenvalue weighted by atomic mass is 32.2. The molecule has 0 aliphatic rings. The highest BCUT2D eigenvalue weighted by Crippen LogP contribution is 2.21. The molecule has 0 unspecified atom stereocenters. The summed E-state index contributed by atoms with van der Waals surface area (Å²) in [6.07, 6.45) is 0. The molecule has 0 bridgehead atoms. The second kappa shape index (κ2) is 4.61. The molecule has 2 aromatic rings. The molecular formula is C11H14N4O3S. The van der Waals surface area contributed by atoms with Crippen molar-refractivity contribution in [3.05, 3.63) is 28.9 Å². The van der Waals surface area contributed by atoms with Gasteiger partial charge in [0.15, 0.2) is 10.7 Å². The van der Waals surface area contributed by atoms with Crippen LogP contribution in [-0.2, 0) is 10.0 Å². The zero-order valence-corrected chi connectivity index (χ0v) is 11.9. The van der Waals surface area contributed by atoms with Crippen LogP contribution < -0.4 is 4.72 Å². The van der Waals surface area contributed by atoms with Crippen LogP contribution in [0.1, 0.15) is 22.8 Å². The molecule has 0 atom stereocenters. The van der Waals surface area contributed by atoms with Gasteiger partial charge < -0.3 is 4.52 Å². The molecule has 0 radical (unpaired) electrons. The topological polar surface area (TPSA) is 98.0 Å². The smallest absolute Gasteiger partial charge is 0.269 e. The third-order valence-corrected chi connectivity index (χ3v) is 4.02. The Balaban J connectivity index is 2.42. The number of nitrogens with zero attached hydrogens (tertiary/aromatic N) is 3. The maximum Gasteiger partial charge on any atom is 0.269 e. The minimum atomic E-state index is -3.80. The quantitative estimate of drug-likeness (QED) is 0.916.